The van der Waals surface area contributed by atoms with Gasteiger partial charge < -0.3 is 9.47 Å². The van der Waals surface area contributed by atoms with Gasteiger partial charge >= 0.3 is 5.97 Å². The minimum absolute atomic E-state index is 0.132. The molecule has 0 radical (unpaired) electrons. The highest BCUT2D eigenvalue weighted by molar-refractivity contribution is 5.91. The summed E-state index contributed by atoms with van der Waals surface area (Å²) in [6.07, 6.45) is 1.51. The molecule has 1 aromatic carbocycles. The lowest BCUT2D eigenvalue weighted by Crippen LogP contribution is -2.05. The van der Waals surface area contributed by atoms with Crippen molar-refractivity contribution in [3.05, 3.63) is 41.8 Å². The normalized spacial score (nSPS) is 10.3. The van der Waals surface area contributed by atoms with E-state index in [0.29, 0.717) is 5.75 Å². The number of carbonyl (C=O) groups is 1. The first-order chi connectivity index (χ1) is 9.10. The van der Waals surface area contributed by atoms with Gasteiger partial charge in [-0.25, -0.2) is 9.18 Å². The van der Waals surface area contributed by atoms with E-state index in [4.69, 9.17) is 9.47 Å². The van der Waals surface area contributed by atoms with E-state index in [1.54, 1.807) is 14.0 Å². The quantitative estimate of drug-likeness (QED) is 0.796. The van der Waals surface area contributed by atoms with E-state index in [1.165, 1.54) is 35.1 Å². The molecule has 0 N–H and O–H groups in total. The van der Waals surface area contributed by atoms with E-state index < -0.39 is 5.97 Å². The minimum atomic E-state index is -0.507. The standard InChI is InChI=1S/C13H13FN2O3/c1-3-18-13(17)11-8-16(2)15-12(11)19-10-6-4-9(14)5-7-10/h4-8H,3H2,1-2H3. The average molecular weight is 264 g/mol. The van der Waals surface area contributed by atoms with Crippen molar-refractivity contribution in [3.63, 3.8) is 0 Å². The number of nitrogens with zero attached hydrogens (tertiary/aromatic N) is 2. The second kappa shape index (κ2) is 5.51. The lowest BCUT2D eigenvalue weighted by atomic mass is 10.3. The maximum atomic E-state index is 12.8. The van der Waals surface area contributed by atoms with Crippen molar-refractivity contribution in [2.75, 3.05) is 6.61 Å². The van der Waals surface area contributed by atoms with Crippen LogP contribution in [0, 0.1) is 5.82 Å². The molecule has 6 heteroatoms. The molecule has 0 bridgehead atoms. The van der Waals surface area contributed by atoms with Crippen LogP contribution in [0.1, 0.15) is 17.3 Å². The molecule has 1 heterocycles. The number of aromatic nitrogens is 2. The monoisotopic (exact) mass is 264 g/mol. The maximum Gasteiger partial charge on any atom is 0.345 e. The number of carbonyl (C=O) groups excluding carboxylic acids is 1. The summed E-state index contributed by atoms with van der Waals surface area (Å²) in [5.74, 6) is -0.343. The number of rotatable bonds is 4. The molecule has 0 aliphatic heterocycles. The summed E-state index contributed by atoms with van der Waals surface area (Å²) in [6.45, 7) is 1.98. The van der Waals surface area contributed by atoms with Crippen LogP contribution in [0.3, 0.4) is 0 Å². The van der Waals surface area contributed by atoms with Crippen LogP contribution in [0.5, 0.6) is 11.6 Å². The van der Waals surface area contributed by atoms with E-state index in [-0.39, 0.29) is 23.9 Å². The van der Waals surface area contributed by atoms with Crippen molar-refractivity contribution in [2.45, 2.75) is 6.92 Å². The molecule has 0 atom stereocenters. The highest BCUT2D eigenvalue weighted by atomic mass is 19.1. The van der Waals surface area contributed by atoms with Gasteiger partial charge in [0.15, 0.2) is 0 Å². The van der Waals surface area contributed by atoms with Crippen LogP contribution in [-0.2, 0) is 11.8 Å². The fourth-order valence-corrected chi connectivity index (χ4v) is 1.51. The Morgan fingerprint density at radius 1 is 1.37 bits per heavy atom. The maximum absolute atomic E-state index is 12.8. The molecule has 0 amide bonds. The van der Waals surface area contributed by atoms with Gasteiger partial charge in [0.25, 0.3) is 5.88 Å². The molecular formula is C13H13FN2O3. The summed E-state index contributed by atoms with van der Waals surface area (Å²) >= 11 is 0. The van der Waals surface area contributed by atoms with Crippen molar-refractivity contribution >= 4 is 5.97 Å². The van der Waals surface area contributed by atoms with Gasteiger partial charge in [0, 0.05) is 13.2 Å². The van der Waals surface area contributed by atoms with Crippen LogP contribution in [0.15, 0.2) is 30.5 Å². The predicted molar refractivity (Wildman–Crippen MR) is 65.6 cm³/mol. The fourth-order valence-electron chi connectivity index (χ4n) is 1.51. The Hall–Kier alpha value is -2.37. The van der Waals surface area contributed by atoms with Crippen LogP contribution < -0.4 is 4.74 Å². The van der Waals surface area contributed by atoms with E-state index in [1.807, 2.05) is 0 Å². The van der Waals surface area contributed by atoms with Gasteiger partial charge in [-0.05, 0) is 31.2 Å². The van der Waals surface area contributed by atoms with Gasteiger partial charge in [0.1, 0.15) is 17.1 Å². The Labute approximate surface area is 109 Å². The lowest BCUT2D eigenvalue weighted by molar-refractivity contribution is 0.0523. The first kappa shape index (κ1) is 13.1. The van der Waals surface area contributed by atoms with E-state index in [0.717, 1.165) is 0 Å². The molecule has 19 heavy (non-hydrogen) atoms. The number of benzene rings is 1. The molecule has 0 spiro atoms. The van der Waals surface area contributed by atoms with Crippen LogP contribution in [-0.4, -0.2) is 22.4 Å². The van der Waals surface area contributed by atoms with Gasteiger partial charge in [-0.15, -0.1) is 5.10 Å². The zero-order valence-electron chi connectivity index (χ0n) is 10.6. The molecule has 1 aromatic heterocycles. The lowest BCUT2D eigenvalue weighted by Gasteiger charge is -2.04. The number of hydrogen-bond donors (Lipinski definition) is 0. The number of aryl methyl sites for hydroxylation is 1. The molecule has 0 unspecified atom stereocenters. The number of hydrogen-bond acceptors (Lipinski definition) is 4. The first-order valence-electron chi connectivity index (χ1n) is 5.74. The SMILES string of the molecule is CCOC(=O)c1cn(C)nc1Oc1ccc(F)cc1. The predicted octanol–water partition coefficient (Wildman–Crippen LogP) is 2.53. The highest BCUT2D eigenvalue weighted by Crippen LogP contribution is 2.24. The molecule has 0 saturated heterocycles. The highest BCUT2D eigenvalue weighted by Gasteiger charge is 2.18. The van der Waals surface area contributed by atoms with Gasteiger partial charge in [-0.1, -0.05) is 0 Å². The smallest absolute Gasteiger partial charge is 0.345 e. The second-order valence-electron chi connectivity index (χ2n) is 3.80. The third-order valence-electron chi connectivity index (χ3n) is 2.32. The molecule has 0 fully saturated rings. The molecule has 2 aromatic rings. The van der Waals surface area contributed by atoms with Crippen molar-refractivity contribution in [1.29, 1.82) is 0 Å². The molecular weight excluding hydrogens is 251 g/mol. The topological polar surface area (TPSA) is 53.4 Å². The third-order valence-corrected chi connectivity index (χ3v) is 2.32. The number of halogens is 1. The van der Waals surface area contributed by atoms with E-state index in [2.05, 4.69) is 5.10 Å². The Balaban J connectivity index is 2.24. The third kappa shape index (κ3) is 3.09. The summed E-state index contributed by atoms with van der Waals surface area (Å²) in [5, 5.41) is 4.03. The van der Waals surface area contributed by atoms with Gasteiger partial charge in [-0.2, -0.15) is 0 Å². The second-order valence-corrected chi connectivity index (χ2v) is 3.80. The van der Waals surface area contributed by atoms with Gasteiger partial charge in [0.2, 0.25) is 0 Å². The Morgan fingerprint density at radius 3 is 2.68 bits per heavy atom. The van der Waals surface area contributed by atoms with Crippen LogP contribution >= 0.6 is 0 Å². The number of esters is 1. The van der Waals surface area contributed by atoms with Crippen molar-refractivity contribution in [1.82, 2.24) is 9.78 Å². The zero-order chi connectivity index (χ0) is 13.8. The molecule has 5 nitrogen and oxygen atoms in total. The summed E-state index contributed by atoms with van der Waals surface area (Å²) < 4.78 is 24.6. The molecule has 2 rings (SSSR count). The Morgan fingerprint density at radius 2 is 2.05 bits per heavy atom. The summed E-state index contributed by atoms with van der Waals surface area (Å²) in [4.78, 5) is 11.7. The number of ether oxygens (including phenoxy) is 2. The van der Waals surface area contributed by atoms with Crippen LogP contribution in [0.2, 0.25) is 0 Å². The van der Waals surface area contributed by atoms with E-state index >= 15 is 0 Å². The first-order valence-corrected chi connectivity index (χ1v) is 5.74. The van der Waals surface area contributed by atoms with Crippen molar-refractivity contribution in [2.24, 2.45) is 7.05 Å². The molecule has 0 saturated carbocycles. The molecule has 100 valence electrons. The van der Waals surface area contributed by atoms with Crippen molar-refractivity contribution in [3.8, 4) is 11.6 Å². The summed E-state index contributed by atoms with van der Waals surface area (Å²) in [7, 11) is 1.67. The summed E-state index contributed by atoms with van der Waals surface area (Å²) in [5.41, 5.74) is 0.230. The molecule has 0 aliphatic carbocycles. The largest absolute Gasteiger partial charge is 0.462 e. The van der Waals surface area contributed by atoms with Gasteiger partial charge in [0.05, 0.1) is 6.61 Å². The summed E-state index contributed by atoms with van der Waals surface area (Å²) in [6, 6.07) is 5.45. The van der Waals surface area contributed by atoms with Gasteiger partial charge in [-0.3, -0.25) is 4.68 Å². The van der Waals surface area contributed by atoms with E-state index in [9.17, 15) is 9.18 Å². The average Bonchev–Trinajstić information content (AvgIpc) is 2.74. The fraction of sp³-hybridized carbons (Fsp3) is 0.231. The van der Waals surface area contributed by atoms with Crippen molar-refractivity contribution < 1.29 is 18.7 Å². The molecule has 0 aliphatic rings. The Kier molecular flexibility index (Phi) is 3.79. The minimum Gasteiger partial charge on any atom is -0.462 e. The van der Waals surface area contributed by atoms with Crippen LogP contribution in [0.4, 0.5) is 4.39 Å². The van der Waals surface area contributed by atoms with Crippen LogP contribution in [0.25, 0.3) is 0 Å². The zero-order valence-corrected chi connectivity index (χ0v) is 10.6. The Bertz CT molecular complexity index is 578.